The van der Waals surface area contributed by atoms with Crippen molar-refractivity contribution in [3.63, 3.8) is 0 Å². The van der Waals surface area contributed by atoms with Crippen molar-refractivity contribution in [1.29, 1.82) is 0 Å². The summed E-state index contributed by atoms with van der Waals surface area (Å²) in [5, 5.41) is 3.46. The molecule has 6 heteroatoms. The Morgan fingerprint density at radius 2 is 2.21 bits per heavy atom. The number of sulfonamides is 1. The highest BCUT2D eigenvalue weighted by atomic mass is 32.2. The fourth-order valence-corrected chi connectivity index (χ4v) is 3.95. The van der Waals surface area contributed by atoms with Crippen molar-refractivity contribution in [3.8, 4) is 0 Å². The van der Waals surface area contributed by atoms with Crippen LogP contribution in [0.4, 0.5) is 0 Å². The third-order valence-corrected chi connectivity index (χ3v) is 5.45. The molecule has 0 saturated carbocycles. The van der Waals surface area contributed by atoms with E-state index >= 15 is 0 Å². The van der Waals surface area contributed by atoms with E-state index in [1.807, 2.05) is 0 Å². The zero-order chi connectivity index (χ0) is 13.9. The van der Waals surface area contributed by atoms with E-state index in [1.54, 1.807) is 4.31 Å². The lowest BCUT2D eigenvalue weighted by Crippen LogP contribution is -2.45. The first kappa shape index (κ1) is 15.2. The number of piperidine rings is 1. The van der Waals surface area contributed by atoms with Crippen LogP contribution >= 0.6 is 0 Å². The molecule has 2 heterocycles. The van der Waals surface area contributed by atoms with Crippen molar-refractivity contribution >= 4 is 10.0 Å². The fraction of sp³-hybridized carbons (Fsp3) is 1.00. The molecule has 19 heavy (non-hydrogen) atoms. The third kappa shape index (κ3) is 4.41. The second-order valence-corrected chi connectivity index (χ2v) is 8.14. The summed E-state index contributed by atoms with van der Waals surface area (Å²) in [6.45, 7) is 6.09. The van der Waals surface area contributed by atoms with Crippen molar-refractivity contribution in [1.82, 2.24) is 9.62 Å². The maximum absolute atomic E-state index is 11.6. The molecule has 2 aliphatic heterocycles. The van der Waals surface area contributed by atoms with Gasteiger partial charge in [0.25, 0.3) is 0 Å². The van der Waals surface area contributed by atoms with Crippen molar-refractivity contribution in [3.05, 3.63) is 0 Å². The maximum atomic E-state index is 11.6. The summed E-state index contributed by atoms with van der Waals surface area (Å²) in [6.07, 6.45) is 5.63. The average Bonchev–Trinajstić information content (AvgIpc) is 2.76. The van der Waals surface area contributed by atoms with Crippen LogP contribution in [0, 0.1) is 5.92 Å². The first-order valence-electron chi connectivity index (χ1n) is 7.19. The maximum Gasteiger partial charge on any atom is 0.211 e. The van der Waals surface area contributed by atoms with E-state index in [2.05, 4.69) is 12.2 Å². The lowest BCUT2D eigenvalue weighted by molar-refractivity contribution is 0.0199. The van der Waals surface area contributed by atoms with Gasteiger partial charge in [0.1, 0.15) is 0 Å². The minimum Gasteiger partial charge on any atom is -0.374 e. The van der Waals surface area contributed by atoms with Crippen molar-refractivity contribution in [2.45, 2.75) is 38.2 Å². The molecule has 0 aromatic carbocycles. The minimum absolute atomic E-state index is 0.0226. The van der Waals surface area contributed by atoms with E-state index in [0.717, 1.165) is 45.4 Å². The van der Waals surface area contributed by atoms with E-state index in [4.69, 9.17) is 4.74 Å². The van der Waals surface area contributed by atoms with Gasteiger partial charge in [-0.15, -0.1) is 0 Å². The van der Waals surface area contributed by atoms with Gasteiger partial charge in [-0.3, -0.25) is 0 Å². The lowest BCUT2D eigenvalue weighted by atomic mass is 9.98. The fourth-order valence-electron chi connectivity index (χ4n) is 3.01. The predicted molar refractivity (Wildman–Crippen MR) is 75.6 cm³/mol. The van der Waals surface area contributed by atoms with Crippen LogP contribution in [-0.4, -0.2) is 57.4 Å². The average molecular weight is 290 g/mol. The SMILES string of the molecule is CC1(CNCC2CCCN(S(C)(=O)=O)C2)CCCO1. The smallest absolute Gasteiger partial charge is 0.211 e. The summed E-state index contributed by atoms with van der Waals surface area (Å²) in [4.78, 5) is 0. The van der Waals surface area contributed by atoms with Crippen LogP contribution in [-0.2, 0) is 14.8 Å². The number of hydrogen-bond acceptors (Lipinski definition) is 4. The molecule has 2 aliphatic rings. The highest BCUT2D eigenvalue weighted by Gasteiger charge is 2.30. The van der Waals surface area contributed by atoms with Crippen LogP contribution in [0.15, 0.2) is 0 Å². The topological polar surface area (TPSA) is 58.6 Å². The normalized spacial score (nSPS) is 33.7. The Morgan fingerprint density at radius 1 is 1.42 bits per heavy atom. The van der Waals surface area contributed by atoms with Gasteiger partial charge in [-0.25, -0.2) is 12.7 Å². The van der Waals surface area contributed by atoms with Crippen molar-refractivity contribution in [2.24, 2.45) is 5.92 Å². The second kappa shape index (κ2) is 6.08. The highest BCUT2D eigenvalue weighted by molar-refractivity contribution is 7.88. The zero-order valence-corrected chi connectivity index (χ0v) is 12.8. The molecule has 0 radical (unpaired) electrons. The Labute approximate surface area is 116 Å². The van der Waals surface area contributed by atoms with Crippen LogP contribution in [0.1, 0.15) is 32.6 Å². The zero-order valence-electron chi connectivity index (χ0n) is 12.0. The quantitative estimate of drug-likeness (QED) is 0.814. The van der Waals surface area contributed by atoms with E-state index in [9.17, 15) is 8.42 Å². The van der Waals surface area contributed by atoms with Crippen LogP contribution in [0.5, 0.6) is 0 Å². The Bertz CT molecular complexity index is 391. The van der Waals surface area contributed by atoms with Gasteiger partial charge in [-0.05, 0) is 45.1 Å². The van der Waals surface area contributed by atoms with Gasteiger partial charge in [-0.1, -0.05) is 0 Å². The number of nitrogens with zero attached hydrogens (tertiary/aromatic N) is 1. The number of rotatable bonds is 5. The third-order valence-electron chi connectivity index (χ3n) is 4.18. The Balaban J connectivity index is 1.74. The standard InChI is InChI=1S/C13H26N2O3S/c1-13(6-4-8-18-13)11-14-9-12-5-3-7-15(10-12)19(2,16)17/h12,14H,3-11H2,1-2H3. The number of hydrogen-bond donors (Lipinski definition) is 1. The Kier molecular flexibility index (Phi) is 4.87. The van der Waals surface area contributed by atoms with Gasteiger partial charge >= 0.3 is 0 Å². The van der Waals surface area contributed by atoms with Gasteiger partial charge in [0.2, 0.25) is 10.0 Å². The second-order valence-electron chi connectivity index (χ2n) is 6.16. The number of nitrogens with one attached hydrogen (secondary N) is 1. The molecule has 112 valence electrons. The molecule has 0 amide bonds. The van der Waals surface area contributed by atoms with Gasteiger partial charge in [0.05, 0.1) is 11.9 Å². The van der Waals surface area contributed by atoms with Crippen LogP contribution < -0.4 is 5.32 Å². The predicted octanol–water partition coefficient (Wildman–Crippen LogP) is 0.817. The molecular weight excluding hydrogens is 264 g/mol. The van der Waals surface area contributed by atoms with Gasteiger partial charge in [0, 0.05) is 26.2 Å². The summed E-state index contributed by atoms with van der Waals surface area (Å²) >= 11 is 0. The lowest BCUT2D eigenvalue weighted by Gasteiger charge is -2.32. The van der Waals surface area contributed by atoms with E-state index < -0.39 is 10.0 Å². The highest BCUT2D eigenvalue weighted by Crippen LogP contribution is 2.24. The van der Waals surface area contributed by atoms with E-state index in [1.165, 1.54) is 6.26 Å². The molecule has 2 unspecified atom stereocenters. The van der Waals surface area contributed by atoms with Crippen LogP contribution in [0.2, 0.25) is 0 Å². The first-order chi connectivity index (χ1) is 8.89. The van der Waals surface area contributed by atoms with Gasteiger partial charge in [-0.2, -0.15) is 0 Å². The molecule has 5 nitrogen and oxygen atoms in total. The summed E-state index contributed by atoms with van der Waals surface area (Å²) in [7, 11) is -3.03. The summed E-state index contributed by atoms with van der Waals surface area (Å²) in [5.41, 5.74) is -0.0226. The number of ether oxygens (including phenoxy) is 1. The molecule has 1 N–H and O–H groups in total. The molecule has 0 bridgehead atoms. The minimum atomic E-state index is -3.03. The Morgan fingerprint density at radius 3 is 2.84 bits per heavy atom. The molecule has 2 saturated heterocycles. The summed E-state index contributed by atoms with van der Waals surface area (Å²) in [5.74, 6) is 0.425. The molecular formula is C13H26N2O3S. The molecule has 0 aromatic rings. The summed E-state index contributed by atoms with van der Waals surface area (Å²) in [6, 6.07) is 0. The largest absolute Gasteiger partial charge is 0.374 e. The summed E-state index contributed by atoms with van der Waals surface area (Å²) < 4.78 is 30.4. The van der Waals surface area contributed by atoms with E-state index in [-0.39, 0.29) is 5.60 Å². The van der Waals surface area contributed by atoms with Gasteiger partial charge < -0.3 is 10.1 Å². The van der Waals surface area contributed by atoms with Crippen LogP contribution in [0.25, 0.3) is 0 Å². The molecule has 0 spiro atoms. The van der Waals surface area contributed by atoms with E-state index in [0.29, 0.717) is 19.0 Å². The molecule has 2 fully saturated rings. The van der Waals surface area contributed by atoms with Crippen molar-refractivity contribution < 1.29 is 13.2 Å². The molecule has 2 rings (SSSR count). The molecule has 0 aliphatic carbocycles. The molecule has 0 aromatic heterocycles. The van der Waals surface area contributed by atoms with Crippen molar-refractivity contribution in [2.75, 3.05) is 39.0 Å². The molecule has 2 atom stereocenters. The van der Waals surface area contributed by atoms with Gasteiger partial charge in [0.15, 0.2) is 0 Å². The monoisotopic (exact) mass is 290 g/mol. The van der Waals surface area contributed by atoms with Crippen LogP contribution in [0.3, 0.4) is 0 Å². The first-order valence-corrected chi connectivity index (χ1v) is 9.04. The Hall–Kier alpha value is -0.170.